The lowest BCUT2D eigenvalue weighted by atomic mass is 9.63. The summed E-state index contributed by atoms with van der Waals surface area (Å²) < 4.78 is 0. The minimum Gasteiger partial charge on any atom is -0.358 e. The van der Waals surface area contributed by atoms with Gasteiger partial charge in [0.25, 0.3) is 0 Å². The molecule has 1 aliphatic carbocycles. The SMILES string of the molecule is CNC(=O)C1(c2ccc(C(C)(C)C)cc2)CCC1. The molecule has 2 rings (SSSR count). The molecule has 0 unspecified atom stereocenters. The Morgan fingerprint density at radius 1 is 1.17 bits per heavy atom. The molecule has 1 aromatic carbocycles. The van der Waals surface area contributed by atoms with E-state index in [1.165, 1.54) is 11.1 Å². The van der Waals surface area contributed by atoms with Crippen LogP contribution in [0.4, 0.5) is 0 Å². The molecule has 0 atom stereocenters. The molecular formula is C16H23NO. The normalized spacial score (nSPS) is 18.0. The summed E-state index contributed by atoms with van der Waals surface area (Å²) in [4.78, 5) is 12.1. The summed E-state index contributed by atoms with van der Waals surface area (Å²) in [6.07, 6.45) is 3.09. The molecule has 0 spiro atoms. The van der Waals surface area contributed by atoms with Crippen molar-refractivity contribution in [1.29, 1.82) is 0 Å². The molecule has 0 saturated heterocycles. The lowest BCUT2D eigenvalue weighted by Gasteiger charge is -2.40. The maximum atomic E-state index is 12.1. The van der Waals surface area contributed by atoms with E-state index in [-0.39, 0.29) is 16.7 Å². The number of carbonyl (C=O) groups excluding carboxylic acids is 1. The zero-order valence-corrected chi connectivity index (χ0v) is 11.8. The largest absolute Gasteiger partial charge is 0.358 e. The average Bonchev–Trinajstić information content (AvgIpc) is 2.27. The summed E-state index contributed by atoms with van der Waals surface area (Å²) in [5.74, 6) is 0.164. The van der Waals surface area contributed by atoms with E-state index >= 15 is 0 Å². The minimum atomic E-state index is -0.259. The Hall–Kier alpha value is -1.31. The third kappa shape index (κ3) is 2.05. The average molecular weight is 245 g/mol. The maximum absolute atomic E-state index is 12.1. The second-order valence-electron chi connectivity index (χ2n) is 6.34. The summed E-state index contributed by atoms with van der Waals surface area (Å²) in [7, 11) is 1.73. The summed E-state index contributed by atoms with van der Waals surface area (Å²) in [6.45, 7) is 6.62. The molecule has 1 aliphatic rings. The van der Waals surface area contributed by atoms with Crippen LogP contribution in [0, 0.1) is 0 Å². The van der Waals surface area contributed by atoms with Gasteiger partial charge in [0, 0.05) is 7.05 Å². The van der Waals surface area contributed by atoms with Gasteiger partial charge in [0.2, 0.25) is 5.91 Å². The lowest BCUT2D eigenvalue weighted by molar-refractivity contribution is -0.129. The fourth-order valence-electron chi connectivity index (χ4n) is 2.71. The number of likely N-dealkylation sites (N-methyl/N-ethyl adjacent to an activating group) is 1. The van der Waals surface area contributed by atoms with Gasteiger partial charge in [0.15, 0.2) is 0 Å². The van der Waals surface area contributed by atoms with E-state index in [9.17, 15) is 4.79 Å². The highest BCUT2D eigenvalue weighted by molar-refractivity contribution is 5.89. The van der Waals surface area contributed by atoms with Crippen molar-refractivity contribution < 1.29 is 4.79 Å². The molecule has 0 bridgehead atoms. The molecular weight excluding hydrogens is 222 g/mol. The zero-order chi connectivity index (χ0) is 13.4. The predicted molar refractivity (Wildman–Crippen MR) is 74.7 cm³/mol. The highest BCUT2D eigenvalue weighted by atomic mass is 16.2. The van der Waals surface area contributed by atoms with Crippen LogP contribution in [0.3, 0.4) is 0 Å². The second-order valence-corrected chi connectivity index (χ2v) is 6.34. The third-order valence-electron chi connectivity index (χ3n) is 4.17. The van der Waals surface area contributed by atoms with Crippen LogP contribution >= 0.6 is 0 Å². The maximum Gasteiger partial charge on any atom is 0.230 e. The number of benzene rings is 1. The van der Waals surface area contributed by atoms with Gasteiger partial charge in [0.1, 0.15) is 0 Å². The molecule has 2 heteroatoms. The summed E-state index contributed by atoms with van der Waals surface area (Å²) in [5, 5.41) is 2.81. The van der Waals surface area contributed by atoms with Crippen molar-refractivity contribution in [1.82, 2.24) is 5.32 Å². The van der Waals surface area contributed by atoms with Gasteiger partial charge < -0.3 is 5.32 Å². The van der Waals surface area contributed by atoms with E-state index in [1.807, 2.05) is 0 Å². The van der Waals surface area contributed by atoms with E-state index in [4.69, 9.17) is 0 Å². The molecule has 1 amide bonds. The number of rotatable bonds is 2. The number of hydrogen-bond acceptors (Lipinski definition) is 1. The van der Waals surface area contributed by atoms with Gasteiger partial charge in [-0.3, -0.25) is 4.79 Å². The fourth-order valence-corrected chi connectivity index (χ4v) is 2.71. The molecule has 1 saturated carbocycles. The van der Waals surface area contributed by atoms with E-state index in [2.05, 4.69) is 50.4 Å². The molecule has 18 heavy (non-hydrogen) atoms. The quantitative estimate of drug-likeness (QED) is 0.852. The molecule has 98 valence electrons. The monoisotopic (exact) mass is 245 g/mol. The highest BCUT2D eigenvalue weighted by Gasteiger charge is 2.45. The molecule has 1 N–H and O–H groups in total. The van der Waals surface area contributed by atoms with Crippen LogP contribution in [0.2, 0.25) is 0 Å². The molecule has 1 fully saturated rings. The van der Waals surface area contributed by atoms with Crippen molar-refractivity contribution in [3.05, 3.63) is 35.4 Å². The minimum absolute atomic E-state index is 0.164. The van der Waals surface area contributed by atoms with Crippen LogP contribution in [0.25, 0.3) is 0 Å². The number of nitrogens with one attached hydrogen (secondary N) is 1. The fraction of sp³-hybridized carbons (Fsp3) is 0.562. The van der Waals surface area contributed by atoms with Crippen molar-refractivity contribution in [2.75, 3.05) is 7.05 Å². The van der Waals surface area contributed by atoms with Gasteiger partial charge in [-0.05, 0) is 29.4 Å². The Morgan fingerprint density at radius 2 is 1.72 bits per heavy atom. The molecule has 0 heterocycles. The van der Waals surface area contributed by atoms with Gasteiger partial charge in [-0.25, -0.2) is 0 Å². The van der Waals surface area contributed by atoms with Gasteiger partial charge >= 0.3 is 0 Å². The van der Waals surface area contributed by atoms with E-state index in [1.54, 1.807) is 7.05 Å². The van der Waals surface area contributed by atoms with Crippen LogP contribution in [0.1, 0.15) is 51.2 Å². The van der Waals surface area contributed by atoms with Gasteiger partial charge in [0.05, 0.1) is 5.41 Å². The topological polar surface area (TPSA) is 29.1 Å². The Bertz CT molecular complexity index is 435. The number of hydrogen-bond donors (Lipinski definition) is 1. The summed E-state index contributed by atoms with van der Waals surface area (Å²) >= 11 is 0. The van der Waals surface area contributed by atoms with Gasteiger partial charge in [-0.2, -0.15) is 0 Å². The predicted octanol–water partition coefficient (Wildman–Crippen LogP) is 3.15. The third-order valence-corrected chi connectivity index (χ3v) is 4.17. The molecule has 1 aromatic rings. The van der Waals surface area contributed by atoms with Crippen molar-refractivity contribution in [2.24, 2.45) is 0 Å². The Balaban J connectivity index is 2.31. The summed E-state index contributed by atoms with van der Waals surface area (Å²) in [6, 6.07) is 8.60. The van der Waals surface area contributed by atoms with Crippen LogP contribution in [-0.4, -0.2) is 13.0 Å². The molecule has 0 radical (unpaired) electrons. The first-order chi connectivity index (χ1) is 8.40. The van der Waals surface area contributed by atoms with Gasteiger partial charge in [-0.15, -0.1) is 0 Å². The Kier molecular flexibility index (Phi) is 3.22. The zero-order valence-electron chi connectivity index (χ0n) is 11.8. The van der Waals surface area contributed by atoms with Crippen molar-refractivity contribution >= 4 is 5.91 Å². The van der Waals surface area contributed by atoms with Crippen LogP contribution in [0.15, 0.2) is 24.3 Å². The van der Waals surface area contributed by atoms with Crippen molar-refractivity contribution in [3.8, 4) is 0 Å². The molecule has 0 aliphatic heterocycles. The molecule has 0 aromatic heterocycles. The Morgan fingerprint density at radius 3 is 2.06 bits per heavy atom. The van der Waals surface area contributed by atoms with Crippen LogP contribution in [0.5, 0.6) is 0 Å². The lowest BCUT2D eigenvalue weighted by Crippen LogP contribution is -2.48. The van der Waals surface area contributed by atoms with Crippen LogP contribution < -0.4 is 5.32 Å². The molecule has 2 nitrogen and oxygen atoms in total. The van der Waals surface area contributed by atoms with Crippen molar-refractivity contribution in [2.45, 2.75) is 50.9 Å². The van der Waals surface area contributed by atoms with E-state index in [0.717, 1.165) is 19.3 Å². The standard InChI is InChI=1S/C16H23NO/c1-15(2,3)12-6-8-13(9-7-12)16(10-5-11-16)14(18)17-4/h6-9H,5,10-11H2,1-4H3,(H,17,18). The number of carbonyl (C=O) groups is 1. The first-order valence-corrected chi connectivity index (χ1v) is 6.73. The second kappa shape index (κ2) is 4.42. The Labute approximate surface area is 110 Å². The van der Waals surface area contributed by atoms with E-state index in [0.29, 0.717) is 0 Å². The number of amides is 1. The van der Waals surface area contributed by atoms with Crippen LogP contribution in [-0.2, 0) is 15.6 Å². The summed E-state index contributed by atoms with van der Waals surface area (Å²) in [5.41, 5.74) is 2.39. The smallest absolute Gasteiger partial charge is 0.230 e. The van der Waals surface area contributed by atoms with E-state index < -0.39 is 0 Å². The first-order valence-electron chi connectivity index (χ1n) is 6.73. The van der Waals surface area contributed by atoms with Gasteiger partial charge in [-0.1, -0.05) is 51.5 Å². The van der Waals surface area contributed by atoms with Crippen molar-refractivity contribution in [3.63, 3.8) is 0 Å². The highest BCUT2D eigenvalue weighted by Crippen LogP contribution is 2.44. The first kappa shape index (κ1) is 13.1.